The summed E-state index contributed by atoms with van der Waals surface area (Å²) < 4.78 is 53.7. The fraction of sp³-hybridized carbons (Fsp3) is 0.333. The Labute approximate surface area is 216 Å². The monoisotopic (exact) mass is 521 g/mol. The van der Waals surface area contributed by atoms with Crippen molar-refractivity contribution in [3.05, 3.63) is 54.9 Å². The van der Waals surface area contributed by atoms with E-state index in [0.29, 0.717) is 57.6 Å². The predicted octanol–water partition coefficient (Wildman–Crippen LogP) is 5.19. The summed E-state index contributed by atoms with van der Waals surface area (Å²) in [7, 11) is 3.17. The molecule has 0 radical (unpaired) electrons. The average molecular weight is 522 g/mol. The molecule has 3 aromatic heterocycles. The molecule has 38 heavy (non-hydrogen) atoms. The van der Waals surface area contributed by atoms with Crippen molar-refractivity contribution < 1.29 is 17.9 Å². The number of likely N-dealkylation sites (tertiary alicyclic amines) is 1. The lowest BCUT2D eigenvalue weighted by molar-refractivity contribution is -0.101. The van der Waals surface area contributed by atoms with Crippen LogP contribution in [-0.4, -0.2) is 67.6 Å². The normalized spacial score (nSPS) is 17.9. The van der Waals surface area contributed by atoms with Gasteiger partial charge in [-0.15, -0.1) is 5.10 Å². The molecule has 0 aliphatic carbocycles. The molecule has 8 nitrogen and oxygen atoms in total. The molecule has 1 fully saturated rings. The minimum absolute atomic E-state index is 0.278. The number of fused-ring (bicyclic) bond motifs is 2. The number of hydrogen-bond acceptors (Lipinski definition) is 6. The van der Waals surface area contributed by atoms with Gasteiger partial charge in [0.1, 0.15) is 23.1 Å². The van der Waals surface area contributed by atoms with Crippen molar-refractivity contribution in [1.82, 2.24) is 34.4 Å². The Balaban J connectivity index is 1.46. The number of imidazole rings is 1. The van der Waals surface area contributed by atoms with Crippen molar-refractivity contribution in [2.75, 3.05) is 27.2 Å². The van der Waals surface area contributed by atoms with E-state index >= 15 is 4.39 Å². The maximum atomic E-state index is 15.3. The van der Waals surface area contributed by atoms with Gasteiger partial charge in [-0.05, 0) is 44.2 Å². The van der Waals surface area contributed by atoms with E-state index in [2.05, 4.69) is 20.3 Å². The van der Waals surface area contributed by atoms with Gasteiger partial charge in [0.05, 0.1) is 31.7 Å². The predicted molar refractivity (Wildman–Crippen MR) is 138 cm³/mol. The van der Waals surface area contributed by atoms with Crippen LogP contribution in [-0.2, 0) is 6.54 Å². The molecule has 2 aromatic carbocycles. The van der Waals surface area contributed by atoms with Crippen LogP contribution in [0.4, 0.5) is 13.2 Å². The summed E-state index contributed by atoms with van der Waals surface area (Å²) in [6, 6.07) is 7.13. The van der Waals surface area contributed by atoms with Gasteiger partial charge in [-0.3, -0.25) is 4.68 Å². The molecule has 0 saturated carbocycles. The number of benzene rings is 2. The third-order valence-corrected chi connectivity index (χ3v) is 7.23. The van der Waals surface area contributed by atoms with E-state index in [-0.39, 0.29) is 13.0 Å². The summed E-state index contributed by atoms with van der Waals surface area (Å²) in [6.45, 7) is 2.91. The van der Waals surface area contributed by atoms with Gasteiger partial charge in [0.2, 0.25) is 0 Å². The Morgan fingerprint density at radius 1 is 1.13 bits per heavy atom. The molecule has 0 amide bonds. The average Bonchev–Trinajstić information content (AvgIpc) is 3.51. The lowest BCUT2D eigenvalue weighted by atomic mass is 9.97. The molecule has 11 heteroatoms. The summed E-state index contributed by atoms with van der Waals surface area (Å²) in [4.78, 5) is 6.12. The molecule has 1 saturated heterocycles. The molecule has 1 atom stereocenters. The van der Waals surface area contributed by atoms with Crippen LogP contribution in [0.1, 0.15) is 19.4 Å². The Morgan fingerprint density at radius 3 is 2.74 bits per heavy atom. The quantitative estimate of drug-likeness (QED) is 0.317. The van der Waals surface area contributed by atoms with Crippen molar-refractivity contribution in [2.45, 2.75) is 31.9 Å². The Bertz CT molecular complexity index is 1660. The van der Waals surface area contributed by atoms with Crippen LogP contribution in [0.15, 0.2) is 49.1 Å². The zero-order valence-corrected chi connectivity index (χ0v) is 21.2. The number of rotatable bonds is 5. The molecular formula is C27H26F3N7O. The first kappa shape index (κ1) is 24.4. The SMILES string of the molecule is CCn1cnc2c(-c3ccc(F)c(-c4cc5cn([C@H]6CCN(C)CC6(F)F)nc5cc4OC)c3)cnnc21. The largest absolute Gasteiger partial charge is 0.496 e. The molecule has 6 rings (SSSR count). The number of alkyl halides is 2. The lowest BCUT2D eigenvalue weighted by Gasteiger charge is -2.36. The van der Waals surface area contributed by atoms with E-state index in [0.717, 1.165) is 5.56 Å². The van der Waals surface area contributed by atoms with E-state index in [1.807, 2.05) is 11.5 Å². The molecule has 4 heterocycles. The molecule has 0 bridgehead atoms. The minimum Gasteiger partial charge on any atom is -0.496 e. The van der Waals surface area contributed by atoms with Crippen LogP contribution in [0, 0.1) is 5.82 Å². The third kappa shape index (κ3) is 3.97. The van der Waals surface area contributed by atoms with Gasteiger partial charge in [0.25, 0.3) is 5.92 Å². The molecule has 0 spiro atoms. The summed E-state index contributed by atoms with van der Waals surface area (Å²) in [5.41, 5.74) is 4.05. The van der Waals surface area contributed by atoms with Gasteiger partial charge < -0.3 is 14.2 Å². The van der Waals surface area contributed by atoms with Gasteiger partial charge in [-0.1, -0.05) is 6.07 Å². The highest BCUT2D eigenvalue weighted by atomic mass is 19.3. The van der Waals surface area contributed by atoms with Gasteiger partial charge in [-0.25, -0.2) is 18.2 Å². The van der Waals surface area contributed by atoms with Crippen LogP contribution in [0.3, 0.4) is 0 Å². The second-order valence-corrected chi connectivity index (χ2v) is 9.68. The first-order valence-electron chi connectivity index (χ1n) is 12.4. The minimum atomic E-state index is -2.92. The summed E-state index contributed by atoms with van der Waals surface area (Å²) in [5.74, 6) is -2.97. The van der Waals surface area contributed by atoms with E-state index in [1.54, 1.807) is 54.9 Å². The van der Waals surface area contributed by atoms with Crippen LogP contribution in [0.25, 0.3) is 44.3 Å². The zero-order valence-electron chi connectivity index (χ0n) is 21.2. The van der Waals surface area contributed by atoms with E-state index < -0.39 is 17.8 Å². The van der Waals surface area contributed by atoms with Crippen LogP contribution >= 0.6 is 0 Å². The van der Waals surface area contributed by atoms with Crippen molar-refractivity contribution >= 4 is 22.1 Å². The van der Waals surface area contributed by atoms with Crippen LogP contribution in [0.5, 0.6) is 5.75 Å². The maximum Gasteiger partial charge on any atom is 0.282 e. The number of piperidine rings is 1. The fourth-order valence-electron chi connectivity index (χ4n) is 5.25. The smallest absolute Gasteiger partial charge is 0.282 e. The highest BCUT2D eigenvalue weighted by Gasteiger charge is 2.45. The van der Waals surface area contributed by atoms with Crippen molar-refractivity contribution in [1.29, 1.82) is 0 Å². The molecular weight excluding hydrogens is 495 g/mol. The molecule has 196 valence electrons. The maximum absolute atomic E-state index is 15.3. The number of aryl methyl sites for hydroxylation is 1. The Hall–Kier alpha value is -3.99. The summed E-state index contributed by atoms with van der Waals surface area (Å²) in [6.07, 6.45) is 5.20. The number of hydrogen-bond donors (Lipinski definition) is 0. The number of nitrogens with zero attached hydrogens (tertiary/aromatic N) is 7. The molecule has 0 unspecified atom stereocenters. The molecule has 0 N–H and O–H groups in total. The number of ether oxygens (including phenoxy) is 1. The van der Waals surface area contributed by atoms with Crippen molar-refractivity contribution in [3.63, 3.8) is 0 Å². The molecule has 1 aliphatic heterocycles. The first-order valence-corrected chi connectivity index (χ1v) is 12.4. The Kier molecular flexibility index (Phi) is 5.82. The highest BCUT2D eigenvalue weighted by molar-refractivity contribution is 5.92. The summed E-state index contributed by atoms with van der Waals surface area (Å²) >= 11 is 0. The van der Waals surface area contributed by atoms with Crippen molar-refractivity contribution in [3.8, 4) is 28.0 Å². The number of methoxy groups -OCH3 is 1. The third-order valence-electron chi connectivity index (χ3n) is 7.23. The van der Waals surface area contributed by atoms with Gasteiger partial charge >= 0.3 is 0 Å². The molecule has 5 aromatic rings. The summed E-state index contributed by atoms with van der Waals surface area (Å²) in [5, 5.41) is 13.4. The standard InChI is InChI=1S/C27H26F3N7O/c1-4-36-15-31-25-20(12-32-33-26(25)36)16-5-6-21(28)18(9-16)19-10-17-13-37(34-22(17)11-23(19)38-3)24-7-8-35(2)14-27(24,29)30/h5-6,9-13,15,24H,4,7-8,14H2,1-3H3/t24-/m0/s1. The highest BCUT2D eigenvalue weighted by Crippen LogP contribution is 2.40. The van der Waals surface area contributed by atoms with Gasteiger partial charge in [-0.2, -0.15) is 10.2 Å². The second kappa shape index (κ2) is 9.09. The number of halogens is 3. The lowest BCUT2D eigenvalue weighted by Crippen LogP contribution is -2.47. The zero-order chi connectivity index (χ0) is 26.6. The fourth-order valence-corrected chi connectivity index (χ4v) is 5.25. The van der Waals surface area contributed by atoms with Gasteiger partial charge in [0.15, 0.2) is 5.65 Å². The van der Waals surface area contributed by atoms with Gasteiger partial charge in [0, 0.05) is 47.4 Å². The second-order valence-electron chi connectivity index (χ2n) is 9.68. The molecule has 1 aliphatic rings. The van der Waals surface area contributed by atoms with E-state index in [4.69, 9.17) is 4.74 Å². The first-order chi connectivity index (χ1) is 18.3. The van der Waals surface area contributed by atoms with E-state index in [1.165, 1.54) is 17.9 Å². The van der Waals surface area contributed by atoms with E-state index in [9.17, 15) is 8.78 Å². The topological polar surface area (TPSA) is 73.9 Å². The van der Waals surface area contributed by atoms with Crippen LogP contribution in [0.2, 0.25) is 0 Å². The number of aromatic nitrogens is 6. The van der Waals surface area contributed by atoms with Crippen LogP contribution < -0.4 is 4.74 Å². The Morgan fingerprint density at radius 2 is 1.97 bits per heavy atom. The van der Waals surface area contributed by atoms with Crippen molar-refractivity contribution in [2.24, 2.45) is 0 Å².